The van der Waals surface area contributed by atoms with Gasteiger partial charge in [0, 0.05) is 37.0 Å². The standard InChI is InChI=1S/C21H24N4O3/c1-27-19-8-17-16(7-14(19)9-22)21(26)25-6-4-18-15(20(25)23-17)3-2-5-24(18)10-13-11-28-12-13/h7-8,13,15,18H,2-6,10-12H2,1H3/t15-,18+/m0/s1. The van der Waals surface area contributed by atoms with Gasteiger partial charge in [-0.3, -0.25) is 14.3 Å². The van der Waals surface area contributed by atoms with E-state index in [2.05, 4.69) is 11.0 Å². The van der Waals surface area contributed by atoms with Gasteiger partial charge in [-0.1, -0.05) is 0 Å². The first-order valence-electron chi connectivity index (χ1n) is 10.0. The number of nitriles is 1. The van der Waals surface area contributed by atoms with Crippen LogP contribution in [0.4, 0.5) is 0 Å². The van der Waals surface area contributed by atoms with E-state index in [0.29, 0.717) is 40.7 Å². The second kappa shape index (κ2) is 6.87. The minimum Gasteiger partial charge on any atom is -0.495 e. The molecule has 0 aliphatic carbocycles. The van der Waals surface area contributed by atoms with E-state index in [9.17, 15) is 10.1 Å². The van der Waals surface area contributed by atoms with Gasteiger partial charge in [0.25, 0.3) is 5.56 Å². The molecule has 0 spiro atoms. The molecule has 28 heavy (non-hydrogen) atoms. The van der Waals surface area contributed by atoms with Crippen molar-refractivity contribution in [2.75, 3.05) is 33.4 Å². The molecule has 0 saturated carbocycles. The van der Waals surface area contributed by atoms with Gasteiger partial charge in [0.05, 0.1) is 36.8 Å². The molecule has 7 heteroatoms. The number of piperidine rings is 1. The molecule has 146 valence electrons. The Bertz CT molecular complexity index is 1020. The van der Waals surface area contributed by atoms with Crippen LogP contribution in [0.1, 0.15) is 36.6 Å². The summed E-state index contributed by atoms with van der Waals surface area (Å²) >= 11 is 0. The number of aromatic nitrogens is 2. The third-order valence-corrected chi connectivity index (χ3v) is 6.50. The SMILES string of the molecule is COc1cc2nc3n(c(=O)c2cc1C#N)CC[C@@H]1[C@@H]3CCCN1CC1COC1. The molecule has 3 aliphatic rings. The van der Waals surface area contributed by atoms with Gasteiger partial charge in [0.15, 0.2) is 0 Å². The van der Waals surface area contributed by atoms with E-state index in [1.165, 1.54) is 7.11 Å². The number of methoxy groups -OCH3 is 1. The van der Waals surface area contributed by atoms with Crippen LogP contribution in [-0.4, -0.2) is 53.9 Å². The molecule has 0 radical (unpaired) electrons. The van der Waals surface area contributed by atoms with Gasteiger partial charge in [-0.15, -0.1) is 0 Å². The smallest absolute Gasteiger partial charge is 0.261 e. The quantitative estimate of drug-likeness (QED) is 0.809. The van der Waals surface area contributed by atoms with Gasteiger partial charge < -0.3 is 9.47 Å². The predicted octanol–water partition coefficient (Wildman–Crippen LogP) is 1.87. The van der Waals surface area contributed by atoms with Gasteiger partial charge in [-0.25, -0.2) is 4.98 Å². The number of hydrogen-bond acceptors (Lipinski definition) is 6. The average Bonchev–Trinajstić information content (AvgIpc) is 2.69. The van der Waals surface area contributed by atoms with Crippen LogP contribution < -0.4 is 10.3 Å². The van der Waals surface area contributed by atoms with Crippen molar-refractivity contribution < 1.29 is 9.47 Å². The van der Waals surface area contributed by atoms with Crippen LogP contribution in [0.25, 0.3) is 10.9 Å². The van der Waals surface area contributed by atoms with Gasteiger partial charge in [-0.05, 0) is 31.9 Å². The topological polar surface area (TPSA) is 80.4 Å². The van der Waals surface area contributed by atoms with Crippen molar-refractivity contribution in [2.24, 2.45) is 5.92 Å². The summed E-state index contributed by atoms with van der Waals surface area (Å²) in [5.74, 6) is 2.29. The highest BCUT2D eigenvalue weighted by Gasteiger charge is 2.39. The third-order valence-electron chi connectivity index (χ3n) is 6.50. The van der Waals surface area contributed by atoms with Gasteiger partial charge in [-0.2, -0.15) is 5.26 Å². The summed E-state index contributed by atoms with van der Waals surface area (Å²) in [5.41, 5.74) is 0.953. The molecule has 0 bridgehead atoms. The van der Waals surface area contributed by atoms with Gasteiger partial charge >= 0.3 is 0 Å². The largest absolute Gasteiger partial charge is 0.495 e. The third kappa shape index (κ3) is 2.71. The van der Waals surface area contributed by atoms with E-state index in [0.717, 1.165) is 51.4 Å². The number of rotatable bonds is 3. The monoisotopic (exact) mass is 380 g/mol. The molecule has 2 saturated heterocycles. The van der Waals surface area contributed by atoms with Crippen LogP contribution in [0.3, 0.4) is 0 Å². The molecule has 1 aromatic heterocycles. The fourth-order valence-electron chi connectivity index (χ4n) is 5.04. The fourth-order valence-corrected chi connectivity index (χ4v) is 5.04. The lowest BCUT2D eigenvalue weighted by Gasteiger charge is -2.46. The Labute approximate surface area is 163 Å². The molecular weight excluding hydrogens is 356 g/mol. The van der Waals surface area contributed by atoms with Crippen molar-refractivity contribution in [3.8, 4) is 11.8 Å². The second-order valence-electron chi connectivity index (χ2n) is 8.11. The average molecular weight is 380 g/mol. The zero-order valence-corrected chi connectivity index (χ0v) is 16.1. The molecule has 1 aromatic carbocycles. The Morgan fingerprint density at radius 1 is 1.32 bits per heavy atom. The highest BCUT2D eigenvalue weighted by atomic mass is 16.5. The maximum Gasteiger partial charge on any atom is 0.261 e. The maximum atomic E-state index is 13.2. The number of hydrogen-bond donors (Lipinski definition) is 0. The molecule has 5 rings (SSSR count). The first-order chi connectivity index (χ1) is 13.7. The van der Waals surface area contributed by atoms with Crippen molar-refractivity contribution in [1.29, 1.82) is 5.26 Å². The Hall–Kier alpha value is -2.43. The second-order valence-corrected chi connectivity index (χ2v) is 8.11. The van der Waals surface area contributed by atoms with Crippen LogP contribution in [0, 0.1) is 17.2 Å². The maximum absolute atomic E-state index is 13.2. The summed E-state index contributed by atoms with van der Waals surface area (Å²) < 4.78 is 12.5. The highest BCUT2D eigenvalue weighted by Crippen LogP contribution is 2.38. The Morgan fingerprint density at radius 3 is 2.89 bits per heavy atom. The number of likely N-dealkylation sites (tertiary alicyclic amines) is 1. The van der Waals surface area contributed by atoms with Crippen LogP contribution in [0.5, 0.6) is 5.75 Å². The lowest BCUT2D eigenvalue weighted by Crippen LogP contribution is -2.52. The lowest BCUT2D eigenvalue weighted by molar-refractivity contribution is -0.0590. The summed E-state index contributed by atoms with van der Waals surface area (Å²) in [6.45, 7) is 4.62. The van der Waals surface area contributed by atoms with Crippen molar-refractivity contribution in [2.45, 2.75) is 37.8 Å². The van der Waals surface area contributed by atoms with Crippen LogP contribution in [-0.2, 0) is 11.3 Å². The summed E-state index contributed by atoms with van der Waals surface area (Å²) in [6.07, 6.45) is 3.16. The Balaban J connectivity index is 1.57. The molecule has 2 atom stereocenters. The molecule has 0 amide bonds. The minimum atomic E-state index is -0.0397. The fraction of sp³-hybridized carbons (Fsp3) is 0.571. The number of fused-ring (bicyclic) bond motifs is 4. The lowest BCUT2D eigenvalue weighted by atomic mass is 9.83. The summed E-state index contributed by atoms with van der Waals surface area (Å²) in [6, 6.07) is 5.90. The molecule has 7 nitrogen and oxygen atoms in total. The van der Waals surface area contributed by atoms with Gasteiger partial charge in [0.1, 0.15) is 17.6 Å². The van der Waals surface area contributed by atoms with E-state index >= 15 is 0 Å². The van der Waals surface area contributed by atoms with E-state index in [-0.39, 0.29) is 11.5 Å². The molecule has 4 heterocycles. The van der Waals surface area contributed by atoms with E-state index in [1.54, 1.807) is 12.1 Å². The van der Waals surface area contributed by atoms with Crippen LogP contribution in [0.15, 0.2) is 16.9 Å². The van der Waals surface area contributed by atoms with Crippen molar-refractivity contribution in [1.82, 2.24) is 14.5 Å². The minimum absolute atomic E-state index is 0.0397. The van der Waals surface area contributed by atoms with E-state index in [4.69, 9.17) is 14.5 Å². The molecule has 0 unspecified atom stereocenters. The van der Waals surface area contributed by atoms with E-state index < -0.39 is 0 Å². The number of ether oxygens (including phenoxy) is 2. The molecular formula is C21H24N4O3. The zero-order chi connectivity index (χ0) is 19.3. The summed E-state index contributed by atoms with van der Waals surface area (Å²) in [7, 11) is 1.53. The zero-order valence-electron chi connectivity index (χ0n) is 16.1. The first kappa shape index (κ1) is 17.7. The van der Waals surface area contributed by atoms with Crippen LogP contribution in [0.2, 0.25) is 0 Å². The molecule has 0 N–H and O–H groups in total. The van der Waals surface area contributed by atoms with Crippen LogP contribution >= 0.6 is 0 Å². The van der Waals surface area contributed by atoms with Gasteiger partial charge in [0.2, 0.25) is 0 Å². The van der Waals surface area contributed by atoms with E-state index in [1.807, 2.05) is 4.57 Å². The van der Waals surface area contributed by atoms with Crippen molar-refractivity contribution in [3.05, 3.63) is 33.9 Å². The normalized spacial score (nSPS) is 24.9. The Kier molecular flexibility index (Phi) is 4.33. The molecule has 2 aromatic rings. The Morgan fingerprint density at radius 2 is 2.18 bits per heavy atom. The summed E-state index contributed by atoms with van der Waals surface area (Å²) in [4.78, 5) is 20.7. The highest BCUT2D eigenvalue weighted by molar-refractivity contribution is 5.82. The predicted molar refractivity (Wildman–Crippen MR) is 104 cm³/mol. The van der Waals surface area contributed by atoms with Crippen molar-refractivity contribution in [3.63, 3.8) is 0 Å². The number of benzene rings is 1. The molecule has 3 aliphatic heterocycles. The summed E-state index contributed by atoms with van der Waals surface area (Å²) in [5, 5.41) is 9.84. The molecule has 2 fully saturated rings. The van der Waals surface area contributed by atoms with Crippen molar-refractivity contribution >= 4 is 10.9 Å². The number of nitrogens with zero attached hydrogens (tertiary/aromatic N) is 4. The first-order valence-corrected chi connectivity index (χ1v) is 10.0.